The molecule has 2 aliphatic rings. The van der Waals surface area contributed by atoms with E-state index in [-0.39, 0.29) is 11.0 Å². The van der Waals surface area contributed by atoms with Crippen LogP contribution in [0.25, 0.3) is 0 Å². The molecule has 1 saturated carbocycles. The third kappa shape index (κ3) is 1.70. The molecule has 1 aromatic carbocycles. The van der Waals surface area contributed by atoms with Crippen LogP contribution in [0.3, 0.4) is 0 Å². The Morgan fingerprint density at radius 2 is 2.16 bits per heavy atom. The van der Waals surface area contributed by atoms with Crippen molar-refractivity contribution in [2.75, 3.05) is 0 Å². The summed E-state index contributed by atoms with van der Waals surface area (Å²) in [6.07, 6.45) is 7.02. The van der Waals surface area contributed by atoms with Gasteiger partial charge in [0.1, 0.15) is 0 Å². The van der Waals surface area contributed by atoms with Gasteiger partial charge in [-0.15, -0.1) is 6.58 Å². The maximum Gasteiger partial charge on any atom is 0.0896 e. The summed E-state index contributed by atoms with van der Waals surface area (Å²) in [5.41, 5.74) is 3.63. The average Bonchev–Trinajstić information content (AvgIpc) is 3.03. The first-order valence-electron chi connectivity index (χ1n) is 6.38. The summed E-state index contributed by atoms with van der Waals surface area (Å²) >= 11 is 3.35. The molecule has 1 heterocycles. The quantitative estimate of drug-likeness (QED) is 0.574. The number of hydrogen-bond acceptors (Lipinski definition) is 1. The molecule has 1 nitrogen and oxygen atoms in total. The van der Waals surface area contributed by atoms with Gasteiger partial charge in [0.05, 0.1) is 11.3 Å². The molecule has 0 spiro atoms. The Hall–Kier alpha value is -1.41. The van der Waals surface area contributed by atoms with Crippen molar-refractivity contribution in [3.8, 4) is 0 Å². The van der Waals surface area contributed by atoms with Crippen LogP contribution in [0.15, 0.2) is 65.1 Å². The second-order valence-corrected chi connectivity index (χ2v) is 6.48. The lowest BCUT2D eigenvalue weighted by atomic mass is 9.84. The smallest absolute Gasteiger partial charge is 0.0896 e. The van der Waals surface area contributed by atoms with Crippen molar-refractivity contribution in [1.82, 2.24) is 0 Å². The Kier molecular flexibility index (Phi) is 2.68. The zero-order valence-electron chi connectivity index (χ0n) is 11.0. The van der Waals surface area contributed by atoms with Crippen LogP contribution in [-0.4, -0.2) is 11.3 Å². The van der Waals surface area contributed by atoms with Crippen LogP contribution < -0.4 is 0 Å². The molecule has 1 aliphatic heterocycles. The molecular weight excluding hydrogens is 298 g/mol. The van der Waals surface area contributed by atoms with Gasteiger partial charge in [-0.25, -0.2) is 0 Å². The summed E-state index contributed by atoms with van der Waals surface area (Å²) in [7, 11) is 0. The summed E-state index contributed by atoms with van der Waals surface area (Å²) in [5, 5.41) is 0. The van der Waals surface area contributed by atoms with E-state index in [0.29, 0.717) is 0 Å². The zero-order valence-corrected chi connectivity index (χ0v) is 12.6. The van der Waals surface area contributed by atoms with E-state index in [1.165, 1.54) is 11.1 Å². The Morgan fingerprint density at radius 3 is 2.84 bits per heavy atom. The van der Waals surface area contributed by atoms with E-state index in [2.05, 4.69) is 60.3 Å². The molecule has 0 bridgehead atoms. The third-order valence-corrected chi connectivity index (χ3v) is 4.60. The van der Waals surface area contributed by atoms with Crippen LogP contribution in [0.2, 0.25) is 0 Å². The maximum atomic E-state index is 4.94. The molecule has 1 fully saturated rings. The predicted molar refractivity (Wildman–Crippen MR) is 85.1 cm³/mol. The van der Waals surface area contributed by atoms with Gasteiger partial charge in [0.2, 0.25) is 0 Å². The van der Waals surface area contributed by atoms with Gasteiger partial charge < -0.3 is 0 Å². The van der Waals surface area contributed by atoms with Gasteiger partial charge in [0, 0.05) is 15.5 Å². The van der Waals surface area contributed by atoms with Crippen molar-refractivity contribution >= 4 is 21.6 Å². The molecule has 0 aromatic heterocycles. The first-order valence-corrected chi connectivity index (χ1v) is 7.17. The normalized spacial score (nSPS) is 31.4. The monoisotopic (exact) mass is 313 g/mol. The Labute approximate surface area is 122 Å². The van der Waals surface area contributed by atoms with Gasteiger partial charge in [-0.2, -0.15) is 0 Å². The van der Waals surface area contributed by atoms with Crippen molar-refractivity contribution in [2.24, 2.45) is 4.99 Å². The number of rotatable bonds is 3. The van der Waals surface area contributed by atoms with Crippen LogP contribution in [0, 0.1) is 0 Å². The summed E-state index contributed by atoms with van der Waals surface area (Å²) in [6, 6.07) is 8.53. The van der Waals surface area contributed by atoms with Crippen LogP contribution in [-0.2, 0) is 5.41 Å². The molecular formula is C17H16BrN. The van der Waals surface area contributed by atoms with E-state index in [1.54, 1.807) is 0 Å². The van der Waals surface area contributed by atoms with Crippen molar-refractivity contribution in [3.63, 3.8) is 0 Å². The average molecular weight is 314 g/mol. The number of aliphatic imine (C=N–C) groups is 1. The van der Waals surface area contributed by atoms with Gasteiger partial charge in [0.25, 0.3) is 0 Å². The summed E-state index contributed by atoms with van der Waals surface area (Å²) in [4.78, 5) is 4.94. The minimum atomic E-state index is -0.116. The number of hydrogen-bond donors (Lipinski definition) is 0. The van der Waals surface area contributed by atoms with Crippen LogP contribution in [0.5, 0.6) is 0 Å². The Balaban J connectivity index is 2.17. The molecule has 0 saturated heterocycles. The van der Waals surface area contributed by atoms with E-state index in [1.807, 2.05) is 18.2 Å². The molecule has 19 heavy (non-hydrogen) atoms. The molecule has 0 N–H and O–H groups in total. The molecule has 3 rings (SSSR count). The van der Waals surface area contributed by atoms with Gasteiger partial charge in [0.15, 0.2) is 0 Å². The maximum absolute atomic E-state index is 4.94. The van der Waals surface area contributed by atoms with Crippen LogP contribution >= 0.6 is 15.9 Å². The molecule has 1 aliphatic carbocycles. The molecule has 2 atom stereocenters. The Bertz CT molecular complexity index is 640. The van der Waals surface area contributed by atoms with E-state index in [0.717, 1.165) is 16.6 Å². The first kappa shape index (κ1) is 12.6. The molecule has 2 heteroatoms. The van der Waals surface area contributed by atoms with E-state index in [9.17, 15) is 0 Å². The van der Waals surface area contributed by atoms with Gasteiger partial charge in [-0.05, 0) is 24.1 Å². The van der Waals surface area contributed by atoms with Crippen LogP contribution in [0.1, 0.15) is 24.5 Å². The second kappa shape index (κ2) is 4.04. The van der Waals surface area contributed by atoms with Gasteiger partial charge >= 0.3 is 0 Å². The second-order valence-electron chi connectivity index (χ2n) is 5.46. The lowest BCUT2D eigenvalue weighted by Crippen LogP contribution is -2.26. The topological polar surface area (TPSA) is 12.4 Å². The molecule has 96 valence electrons. The zero-order chi connectivity index (χ0) is 13.7. The molecule has 0 radical (unpaired) electrons. The largest absolute Gasteiger partial charge is 0.273 e. The highest BCUT2D eigenvalue weighted by Gasteiger charge is 2.66. The molecule has 1 aromatic rings. The number of benzene rings is 1. The highest BCUT2D eigenvalue weighted by atomic mass is 79.9. The fraction of sp³-hybridized carbons (Fsp3) is 0.235. The van der Waals surface area contributed by atoms with E-state index in [4.69, 9.17) is 4.99 Å². The van der Waals surface area contributed by atoms with E-state index >= 15 is 0 Å². The Morgan fingerprint density at radius 1 is 1.42 bits per heavy atom. The third-order valence-electron chi connectivity index (χ3n) is 4.33. The standard InChI is InChI=1S/C17H16BrN/c1-4-17-11-16(17,3)14-8-6-5-7-13(14)15(19-17)10-9-12(2)18/h4-10H,1-2,11H2,3H3/b10-9-. The number of fused-ring (bicyclic) bond motifs is 3. The minimum Gasteiger partial charge on any atom is -0.273 e. The lowest BCUT2D eigenvalue weighted by molar-refractivity contribution is 0.652. The molecule has 0 amide bonds. The minimum absolute atomic E-state index is 0.116. The number of allylic oxidation sites excluding steroid dienone is 3. The van der Waals surface area contributed by atoms with Crippen LogP contribution in [0.4, 0.5) is 0 Å². The number of nitrogens with zero attached hydrogens (tertiary/aromatic N) is 1. The number of halogens is 1. The van der Waals surface area contributed by atoms with Crippen molar-refractivity contribution in [3.05, 3.63) is 71.3 Å². The predicted octanol–water partition coefficient (Wildman–Crippen LogP) is 4.54. The first-order chi connectivity index (χ1) is 9.02. The molecule has 2 unspecified atom stereocenters. The van der Waals surface area contributed by atoms with Gasteiger partial charge in [-0.1, -0.05) is 59.8 Å². The van der Waals surface area contributed by atoms with E-state index < -0.39 is 0 Å². The van der Waals surface area contributed by atoms with Gasteiger partial charge in [-0.3, -0.25) is 4.99 Å². The van der Waals surface area contributed by atoms with Crippen molar-refractivity contribution < 1.29 is 0 Å². The summed E-state index contributed by atoms with van der Waals surface area (Å²) < 4.78 is 0.851. The fourth-order valence-corrected chi connectivity index (χ4v) is 3.22. The van der Waals surface area contributed by atoms with Crippen molar-refractivity contribution in [1.29, 1.82) is 0 Å². The fourth-order valence-electron chi connectivity index (χ4n) is 3.09. The highest BCUT2D eigenvalue weighted by Crippen LogP contribution is 2.63. The highest BCUT2D eigenvalue weighted by molar-refractivity contribution is 9.11. The SMILES string of the molecule is C=CC12CC1(C)c1ccccc1C(/C=C\C(=C)Br)=N2. The lowest BCUT2D eigenvalue weighted by Gasteiger charge is -2.26. The summed E-state index contributed by atoms with van der Waals surface area (Å²) in [6.45, 7) is 10.1. The van der Waals surface area contributed by atoms with Crippen molar-refractivity contribution in [2.45, 2.75) is 24.3 Å². The summed E-state index contributed by atoms with van der Waals surface area (Å²) in [5.74, 6) is 0.